The maximum atomic E-state index is 11.0. The summed E-state index contributed by atoms with van der Waals surface area (Å²) in [6.07, 6.45) is 7.15. The van der Waals surface area contributed by atoms with Crippen molar-refractivity contribution in [2.75, 3.05) is 18.6 Å². The SMILES string of the molecule is CCNC(CC)c1ccn(CCCS(C)(=O)=O)c1. The van der Waals surface area contributed by atoms with Crippen molar-refractivity contribution in [1.82, 2.24) is 9.88 Å². The lowest BCUT2D eigenvalue weighted by Gasteiger charge is -2.13. The Morgan fingerprint density at radius 3 is 2.67 bits per heavy atom. The van der Waals surface area contributed by atoms with E-state index in [2.05, 4.69) is 36.0 Å². The molecule has 104 valence electrons. The summed E-state index contributed by atoms with van der Waals surface area (Å²) in [6, 6.07) is 2.50. The molecule has 1 rings (SSSR count). The van der Waals surface area contributed by atoms with Crippen molar-refractivity contribution in [1.29, 1.82) is 0 Å². The Labute approximate surface area is 110 Å². The summed E-state index contributed by atoms with van der Waals surface area (Å²) in [7, 11) is -2.84. The number of nitrogens with zero attached hydrogens (tertiary/aromatic N) is 1. The third-order valence-electron chi connectivity index (χ3n) is 2.97. The highest BCUT2D eigenvalue weighted by Gasteiger charge is 2.09. The van der Waals surface area contributed by atoms with Gasteiger partial charge in [-0.05, 0) is 31.0 Å². The fourth-order valence-corrected chi connectivity index (χ4v) is 2.71. The van der Waals surface area contributed by atoms with E-state index < -0.39 is 9.84 Å². The first-order valence-electron chi connectivity index (χ1n) is 6.53. The Morgan fingerprint density at radius 2 is 2.11 bits per heavy atom. The normalized spacial score (nSPS) is 13.7. The molecule has 1 aromatic rings. The fraction of sp³-hybridized carbons (Fsp3) is 0.692. The summed E-state index contributed by atoms with van der Waals surface area (Å²) in [6.45, 7) is 5.98. The first-order valence-corrected chi connectivity index (χ1v) is 8.59. The van der Waals surface area contributed by atoms with Crippen LogP contribution in [0.15, 0.2) is 18.5 Å². The van der Waals surface area contributed by atoms with Crippen LogP contribution in [-0.2, 0) is 16.4 Å². The van der Waals surface area contributed by atoms with Crippen LogP contribution < -0.4 is 5.32 Å². The molecule has 0 fully saturated rings. The topological polar surface area (TPSA) is 51.1 Å². The average molecular weight is 272 g/mol. The second kappa shape index (κ2) is 6.95. The van der Waals surface area contributed by atoms with Gasteiger partial charge in [-0.1, -0.05) is 13.8 Å². The van der Waals surface area contributed by atoms with E-state index in [-0.39, 0.29) is 5.75 Å². The highest BCUT2D eigenvalue weighted by molar-refractivity contribution is 7.90. The zero-order valence-electron chi connectivity index (χ0n) is 11.5. The molecule has 0 amide bonds. The van der Waals surface area contributed by atoms with Crippen molar-refractivity contribution < 1.29 is 8.42 Å². The van der Waals surface area contributed by atoms with Gasteiger partial charge in [-0.15, -0.1) is 0 Å². The van der Waals surface area contributed by atoms with Crippen LogP contribution in [0.3, 0.4) is 0 Å². The van der Waals surface area contributed by atoms with Crippen LogP contribution in [0.2, 0.25) is 0 Å². The van der Waals surface area contributed by atoms with E-state index in [1.807, 2.05) is 6.20 Å². The molecule has 0 saturated heterocycles. The Balaban J connectivity index is 2.52. The van der Waals surface area contributed by atoms with Crippen LogP contribution in [0.4, 0.5) is 0 Å². The predicted octanol–water partition coefficient (Wildman–Crippen LogP) is 1.98. The van der Waals surface area contributed by atoms with E-state index >= 15 is 0 Å². The second-order valence-electron chi connectivity index (χ2n) is 4.68. The van der Waals surface area contributed by atoms with Crippen molar-refractivity contribution in [2.45, 2.75) is 39.3 Å². The maximum Gasteiger partial charge on any atom is 0.147 e. The third kappa shape index (κ3) is 5.23. The van der Waals surface area contributed by atoms with Gasteiger partial charge in [-0.2, -0.15) is 0 Å². The second-order valence-corrected chi connectivity index (χ2v) is 6.94. The van der Waals surface area contributed by atoms with E-state index in [0.717, 1.165) is 19.5 Å². The van der Waals surface area contributed by atoms with Gasteiger partial charge in [0.25, 0.3) is 0 Å². The van der Waals surface area contributed by atoms with Crippen molar-refractivity contribution in [2.24, 2.45) is 0 Å². The lowest BCUT2D eigenvalue weighted by Crippen LogP contribution is -2.19. The molecule has 0 spiro atoms. The number of nitrogens with one attached hydrogen (secondary N) is 1. The minimum absolute atomic E-state index is 0.255. The number of sulfone groups is 1. The molecule has 0 aliphatic heterocycles. The number of aromatic nitrogens is 1. The molecule has 0 aliphatic rings. The van der Waals surface area contributed by atoms with E-state index in [1.165, 1.54) is 11.8 Å². The molecule has 1 atom stereocenters. The van der Waals surface area contributed by atoms with Gasteiger partial charge < -0.3 is 9.88 Å². The van der Waals surface area contributed by atoms with Gasteiger partial charge in [0.2, 0.25) is 0 Å². The number of rotatable bonds is 8. The number of aryl methyl sites for hydroxylation is 1. The van der Waals surface area contributed by atoms with Gasteiger partial charge in [0, 0.05) is 31.2 Å². The van der Waals surface area contributed by atoms with Gasteiger partial charge >= 0.3 is 0 Å². The molecular formula is C13H24N2O2S. The molecule has 0 saturated carbocycles. The number of hydrogen-bond acceptors (Lipinski definition) is 3. The molecule has 0 bridgehead atoms. The summed E-state index contributed by atoms with van der Waals surface area (Å²) < 4.78 is 24.2. The summed E-state index contributed by atoms with van der Waals surface area (Å²) in [5.74, 6) is 0.255. The van der Waals surface area contributed by atoms with Crippen LogP contribution in [0.1, 0.15) is 38.3 Å². The molecule has 0 aliphatic carbocycles. The quantitative estimate of drug-likeness (QED) is 0.787. The molecule has 4 nitrogen and oxygen atoms in total. The monoisotopic (exact) mass is 272 g/mol. The molecular weight excluding hydrogens is 248 g/mol. The van der Waals surface area contributed by atoms with Gasteiger partial charge in [-0.3, -0.25) is 0 Å². The molecule has 5 heteroatoms. The molecule has 1 aromatic heterocycles. The summed E-state index contributed by atoms with van der Waals surface area (Å²) >= 11 is 0. The van der Waals surface area contributed by atoms with Crippen molar-refractivity contribution in [3.8, 4) is 0 Å². The highest BCUT2D eigenvalue weighted by Crippen LogP contribution is 2.16. The van der Waals surface area contributed by atoms with Crippen LogP contribution in [-0.4, -0.2) is 31.5 Å². The summed E-state index contributed by atoms with van der Waals surface area (Å²) in [4.78, 5) is 0. The van der Waals surface area contributed by atoms with E-state index in [4.69, 9.17) is 0 Å². The van der Waals surface area contributed by atoms with Crippen molar-refractivity contribution in [3.05, 3.63) is 24.0 Å². The molecule has 1 heterocycles. The third-order valence-corrected chi connectivity index (χ3v) is 4.00. The first kappa shape index (κ1) is 15.2. The summed E-state index contributed by atoms with van der Waals surface area (Å²) in [5, 5.41) is 3.43. The molecule has 0 aromatic carbocycles. The predicted molar refractivity (Wildman–Crippen MR) is 75.5 cm³/mol. The van der Waals surface area contributed by atoms with Crippen LogP contribution in [0.25, 0.3) is 0 Å². The minimum Gasteiger partial charge on any atom is -0.354 e. The molecule has 1 N–H and O–H groups in total. The van der Waals surface area contributed by atoms with Gasteiger partial charge in [-0.25, -0.2) is 8.42 Å². The number of hydrogen-bond donors (Lipinski definition) is 1. The van der Waals surface area contributed by atoms with Gasteiger partial charge in [0.15, 0.2) is 0 Å². The minimum atomic E-state index is -2.84. The highest BCUT2D eigenvalue weighted by atomic mass is 32.2. The van der Waals surface area contributed by atoms with Crippen molar-refractivity contribution >= 4 is 9.84 Å². The van der Waals surface area contributed by atoms with Crippen LogP contribution in [0, 0.1) is 0 Å². The van der Waals surface area contributed by atoms with Crippen LogP contribution >= 0.6 is 0 Å². The lowest BCUT2D eigenvalue weighted by atomic mass is 10.1. The van der Waals surface area contributed by atoms with Gasteiger partial charge in [0.05, 0.1) is 5.75 Å². The fourth-order valence-electron chi connectivity index (χ4n) is 2.06. The zero-order valence-corrected chi connectivity index (χ0v) is 12.3. The van der Waals surface area contributed by atoms with Crippen LogP contribution in [0.5, 0.6) is 0 Å². The standard InChI is InChI=1S/C13H24N2O2S/c1-4-13(14-5-2)12-7-9-15(11-12)8-6-10-18(3,16)17/h7,9,11,13-14H,4-6,8,10H2,1-3H3. The zero-order chi connectivity index (χ0) is 13.6. The van der Waals surface area contributed by atoms with Crippen molar-refractivity contribution in [3.63, 3.8) is 0 Å². The van der Waals surface area contributed by atoms with Gasteiger partial charge in [0.1, 0.15) is 9.84 Å². The van der Waals surface area contributed by atoms with E-state index in [1.54, 1.807) is 0 Å². The molecule has 1 unspecified atom stereocenters. The summed E-state index contributed by atoms with van der Waals surface area (Å²) in [5.41, 5.74) is 1.28. The molecule has 18 heavy (non-hydrogen) atoms. The smallest absolute Gasteiger partial charge is 0.147 e. The first-order chi connectivity index (χ1) is 8.46. The van der Waals surface area contributed by atoms with E-state index in [9.17, 15) is 8.42 Å². The Morgan fingerprint density at radius 1 is 1.39 bits per heavy atom. The lowest BCUT2D eigenvalue weighted by molar-refractivity contribution is 0.535. The largest absolute Gasteiger partial charge is 0.354 e. The Bertz CT molecular complexity index is 451. The average Bonchev–Trinajstić information content (AvgIpc) is 2.72. The molecule has 0 radical (unpaired) electrons. The Kier molecular flexibility index (Phi) is 5.88. The maximum absolute atomic E-state index is 11.0. The van der Waals surface area contributed by atoms with E-state index in [0.29, 0.717) is 12.5 Å². The Hall–Kier alpha value is -0.810.